The van der Waals surface area contributed by atoms with Crippen LogP contribution in [-0.4, -0.2) is 36.3 Å². The maximum absolute atomic E-state index is 13.6. The molecule has 2 fully saturated rings. The predicted octanol–water partition coefficient (Wildman–Crippen LogP) is 4.03. The van der Waals surface area contributed by atoms with Gasteiger partial charge in [-0.2, -0.15) is 18.4 Å². The molecular weight excluding hydrogens is 369 g/mol. The van der Waals surface area contributed by atoms with E-state index in [9.17, 15) is 18.4 Å². The van der Waals surface area contributed by atoms with E-state index in [1.54, 1.807) is 13.0 Å². The van der Waals surface area contributed by atoms with Crippen molar-refractivity contribution in [1.82, 2.24) is 9.97 Å². The van der Waals surface area contributed by atoms with Gasteiger partial charge in [-0.05, 0) is 19.8 Å². The first-order chi connectivity index (χ1) is 12.3. The summed E-state index contributed by atoms with van der Waals surface area (Å²) in [4.78, 5) is 8.58. The Kier molecular flexibility index (Phi) is 3.86. The molecule has 0 atom stereocenters. The molecule has 2 aliphatic rings. The van der Waals surface area contributed by atoms with E-state index in [-0.39, 0.29) is 21.6 Å². The smallest absolute Gasteiger partial charge is 0.380 e. The molecule has 0 saturated carbocycles. The summed E-state index contributed by atoms with van der Waals surface area (Å²) in [6.45, 7) is 3.98. The number of nitrogens with one attached hydrogen (secondary N) is 1. The summed E-state index contributed by atoms with van der Waals surface area (Å²) in [5.74, 6) is 0. The maximum atomic E-state index is 13.6. The van der Waals surface area contributed by atoms with Crippen LogP contribution in [0.4, 0.5) is 18.9 Å². The number of aromatic amines is 1. The highest BCUT2D eigenvalue weighted by Crippen LogP contribution is 2.45. The van der Waals surface area contributed by atoms with E-state index < -0.39 is 17.4 Å². The minimum absolute atomic E-state index is 0.0509. The first-order valence-corrected chi connectivity index (χ1v) is 8.65. The van der Waals surface area contributed by atoms with Crippen molar-refractivity contribution in [3.05, 3.63) is 22.0 Å². The molecule has 1 N–H and O–H groups in total. The number of halogens is 4. The van der Waals surface area contributed by atoms with Crippen LogP contribution in [0.3, 0.4) is 0 Å². The Morgan fingerprint density at radius 1 is 1.38 bits per heavy atom. The fourth-order valence-electron chi connectivity index (χ4n) is 3.92. The largest absolute Gasteiger partial charge is 0.434 e. The number of anilines is 1. The number of aromatic nitrogens is 2. The normalized spacial score (nSPS) is 19.6. The lowest BCUT2D eigenvalue weighted by atomic mass is 9.78. The van der Waals surface area contributed by atoms with Crippen LogP contribution >= 0.6 is 11.6 Å². The van der Waals surface area contributed by atoms with Gasteiger partial charge >= 0.3 is 6.18 Å². The molecule has 0 bridgehead atoms. The van der Waals surface area contributed by atoms with Crippen molar-refractivity contribution in [2.45, 2.75) is 25.9 Å². The number of fused-ring (bicyclic) bond motifs is 1. The third kappa shape index (κ3) is 2.53. The van der Waals surface area contributed by atoms with E-state index in [1.165, 1.54) is 0 Å². The van der Waals surface area contributed by atoms with Crippen LogP contribution in [0, 0.1) is 23.7 Å². The number of hydrogen-bond donors (Lipinski definition) is 1. The summed E-state index contributed by atoms with van der Waals surface area (Å²) in [5, 5.41) is 9.69. The second-order valence-electron chi connectivity index (χ2n) is 7.10. The van der Waals surface area contributed by atoms with Crippen LogP contribution in [0.25, 0.3) is 11.0 Å². The Balaban J connectivity index is 1.97. The Hall–Kier alpha value is -1.98. The minimum atomic E-state index is -4.74. The van der Waals surface area contributed by atoms with Crippen LogP contribution in [0.5, 0.6) is 0 Å². The summed E-state index contributed by atoms with van der Waals surface area (Å²) < 4.78 is 46.1. The van der Waals surface area contributed by atoms with Gasteiger partial charge in [0.15, 0.2) is 5.69 Å². The van der Waals surface area contributed by atoms with Crippen LogP contribution in [0.1, 0.15) is 29.8 Å². The fourth-order valence-corrected chi connectivity index (χ4v) is 4.11. The van der Waals surface area contributed by atoms with E-state index in [1.807, 2.05) is 4.90 Å². The maximum Gasteiger partial charge on any atom is 0.434 e. The number of nitriles is 1. The van der Waals surface area contributed by atoms with Crippen molar-refractivity contribution in [2.24, 2.45) is 5.41 Å². The summed E-state index contributed by atoms with van der Waals surface area (Å²) in [7, 11) is 0. The summed E-state index contributed by atoms with van der Waals surface area (Å²) >= 11 is 6.18. The number of aryl methyl sites for hydroxylation is 1. The molecule has 2 aromatic rings. The second kappa shape index (κ2) is 5.76. The van der Waals surface area contributed by atoms with Crippen molar-refractivity contribution >= 4 is 28.3 Å². The zero-order valence-electron chi connectivity index (χ0n) is 14.0. The molecule has 0 radical (unpaired) electrons. The number of nitrogens with zero attached hydrogens (tertiary/aromatic N) is 3. The number of ether oxygens (including phenoxy) is 1. The van der Waals surface area contributed by atoms with Crippen molar-refractivity contribution in [3.63, 3.8) is 0 Å². The van der Waals surface area contributed by atoms with Crippen molar-refractivity contribution < 1.29 is 17.9 Å². The monoisotopic (exact) mass is 384 g/mol. The molecule has 0 aromatic carbocycles. The number of rotatable bonds is 1. The standard InChI is InChI=1S/C17H16ClF3N4O/c1-9-11(18)12-13(23-9)14(10(5-22)15(24-12)17(19,20)21)25-4-2-3-16(6-25)7-26-8-16/h23H,2-4,6-8H2,1H3. The third-order valence-electron chi connectivity index (χ3n) is 5.19. The summed E-state index contributed by atoms with van der Waals surface area (Å²) in [6.07, 6.45) is -2.95. The summed E-state index contributed by atoms with van der Waals surface area (Å²) in [5.41, 5.74) is -0.495. The molecular formula is C17H16ClF3N4O. The van der Waals surface area contributed by atoms with Gasteiger partial charge in [0.2, 0.25) is 0 Å². The van der Waals surface area contributed by atoms with E-state index in [4.69, 9.17) is 16.3 Å². The number of H-pyrrole nitrogens is 1. The van der Waals surface area contributed by atoms with Crippen LogP contribution < -0.4 is 4.90 Å². The predicted molar refractivity (Wildman–Crippen MR) is 90.3 cm³/mol. The van der Waals surface area contributed by atoms with Gasteiger partial charge in [-0.25, -0.2) is 4.98 Å². The average molecular weight is 385 g/mol. The van der Waals surface area contributed by atoms with Gasteiger partial charge in [0.05, 0.1) is 29.4 Å². The van der Waals surface area contributed by atoms with Crippen molar-refractivity contribution in [2.75, 3.05) is 31.2 Å². The highest BCUT2D eigenvalue weighted by Gasteiger charge is 2.45. The van der Waals surface area contributed by atoms with E-state index in [0.717, 1.165) is 12.8 Å². The lowest BCUT2D eigenvalue weighted by Gasteiger charge is -2.49. The van der Waals surface area contributed by atoms with Crippen molar-refractivity contribution in [3.8, 4) is 6.07 Å². The van der Waals surface area contributed by atoms with Crippen molar-refractivity contribution in [1.29, 1.82) is 5.26 Å². The van der Waals surface area contributed by atoms with Gasteiger partial charge in [0, 0.05) is 24.2 Å². The number of pyridine rings is 1. The fraction of sp³-hybridized carbons (Fsp3) is 0.529. The summed E-state index contributed by atoms with van der Waals surface area (Å²) in [6, 6.07) is 1.73. The molecule has 5 nitrogen and oxygen atoms in total. The Labute approximate surface area is 152 Å². The lowest BCUT2D eigenvalue weighted by molar-refractivity contribution is -0.141. The minimum Gasteiger partial charge on any atom is -0.380 e. The molecule has 2 aliphatic heterocycles. The highest BCUT2D eigenvalue weighted by molar-refractivity contribution is 6.36. The Morgan fingerprint density at radius 2 is 2.12 bits per heavy atom. The molecule has 138 valence electrons. The topological polar surface area (TPSA) is 64.9 Å². The van der Waals surface area contributed by atoms with Crippen LogP contribution in [0.2, 0.25) is 5.02 Å². The zero-order chi connectivity index (χ0) is 18.7. The van der Waals surface area contributed by atoms with Crippen LogP contribution in [0.15, 0.2) is 0 Å². The molecule has 4 heterocycles. The molecule has 2 saturated heterocycles. The third-order valence-corrected chi connectivity index (χ3v) is 5.66. The van der Waals surface area contributed by atoms with E-state index in [0.29, 0.717) is 37.5 Å². The molecule has 26 heavy (non-hydrogen) atoms. The first kappa shape index (κ1) is 17.4. The van der Waals surface area contributed by atoms with Gasteiger partial charge in [0.25, 0.3) is 0 Å². The zero-order valence-corrected chi connectivity index (χ0v) is 14.8. The quantitative estimate of drug-likeness (QED) is 0.806. The Bertz CT molecular complexity index is 927. The molecule has 1 spiro atoms. The molecule has 2 aromatic heterocycles. The molecule has 0 unspecified atom stereocenters. The lowest BCUT2D eigenvalue weighted by Crippen LogP contribution is -2.54. The van der Waals surface area contributed by atoms with Gasteiger partial charge in [-0.3, -0.25) is 0 Å². The molecule has 9 heteroatoms. The molecule has 4 rings (SSSR count). The number of alkyl halides is 3. The first-order valence-electron chi connectivity index (χ1n) is 8.27. The van der Waals surface area contributed by atoms with Gasteiger partial charge < -0.3 is 14.6 Å². The van der Waals surface area contributed by atoms with Gasteiger partial charge in [0.1, 0.15) is 17.1 Å². The molecule has 0 amide bonds. The van der Waals surface area contributed by atoms with E-state index >= 15 is 0 Å². The number of hydrogen-bond acceptors (Lipinski definition) is 4. The van der Waals surface area contributed by atoms with Crippen LogP contribution in [-0.2, 0) is 10.9 Å². The van der Waals surface area contributed by atoms with E-state index in [2.05, 4.69) is 9.97 Å². The SMILES string of the molecule is Cc1[nH]c2c(N3CCCC4(COC4)C3)c(C#N)c(C(F)(F)F)nc2c1Cl. The van der Waals surface area contributed by atoms with Gasteiger partial charge in [-0.1, -0.05) is 11.6 Å². The average Bonchev–Trinajstić information content (AvgIpc) is 2.85. The molecule has 0 aliphatic carbocycles. The van der Waals surface area contributed by atoms with Gasteiger partial charge in [-0.15, -0.1) is 0 Å². The highest BCUT2D eigenvalue weighted by atomic mass is 35.5. The number of piperidine rings is 1. The second-order valence-corrected chi connectivity index (χ2v) is 7.48. The Morgan fingerprint density at radius 3 is 2.69 bits per heavy atom.